The normalized spacial score (nSPS) is 15.8. The zero-order chi connectivity index (χ0) is 17.9. The van der Waals surface area contributed by atoms with E-state index in [9.17, 15) is 0 Å². The molecule has 0 spiro atoms. The highest BCUT2D eigenvalue weighted by Crippen LogP contribution is 2.34. The van der Waals surface area contributed by atoms with Gasteiger partial charge in [0.15, 0.2) is 0 Å². The average Bonchev–Trinajstić information content (AvgIpc) is 2.60. The third-order valence-corrected chi connectivity index (χ3v) is 4.82. The van der Waals surface area contributed by atoms with Crippen molar-refractivity contribution < 1.29 is 5.11 Å². The van der Waals surface area contributed by atoms with Crippen molar-refractivity contribution in [3.8, 4) is 0 Å². The molecule has 2 aromatic rings. The van der Waals surface area contributed by atoms with Gasteiger partial charge in [0.25, 0.3) is 0 Å². The largest absolute Gasteiger partial charge is 0.396 e. The second-order valence-electron chi connectivity index (χ2n) is 7.24. The quantitative estimate of drug-likeness (QED) is 0.791. The second-order valence-corrected chi connectivity index (χ2v) is 7.24. The zero-order valence-electron chi connectivity index (χ0n) is 15.4. The lowest BCUT2D eigenvalue weighted by Gasteiger charge is -2.44. The number of rotatable bonds is 6. The molecule has 0 amide bonds. The highest BCUT2D eigenvalue weighted by atomic mass is 16.3. The number of anilines is 2. The summed E-state index contributed by atoms with van der Waals surface area (Å²) in [5.41, 5.74) is 3.82. The molecule has 2 heterocycles. The molecule has 2 N–H and O–H groups in total. The molecule has 0 bridgehead atoms. The van der Waals surface area contributed by atoms with E-state index in [2.05, 4.69) is 66.3 Å². The van der Waals surface area contributed by atoms with E-state index in [4.69, 9.17) is 10.1 Å². The molecular formula is C20H28N4O. The van der Waals surface area contributed by atoms with Crippen molar-refractivity contribution in [1.29, 1.82) is 0 Å². The molecule has 1 aliphatic rings. The number of nitrogens with one attached hydrogen (secondary N) is 1. The molecule has 1 aliphatic heterocycles. The van der Waals surface area contributed by atoms with Crippen LogP contribution in [0, 0.1) is 0 Å². The van der Waals surface area contributed by atoms with E-state index in [0.717, 1.165) is 30.9 Å². The van der Waals surface area contributed by atoms with Crippen molar-refractivity contribution in [3.63, 3.8) is 0 Å². The summed E-state index contributed by atoms with van der Waals surface area (Å²) in [5.74, 6) is 1.62. The Labute approximate surface area is 150 Å². The first-order chi connectivity index (χ1) is 12.0. The molecule has 0 atom stereocenters. The zero-order valence-corrected chi connectivity index (χ0v) is 15.4. The molecule has 0 radical (unpaired) electrons. The summed E-state index contributed by atoms with van der Waals surface area (Å²) in [6.07, 6.45) is 2.56. The lowest BCUT2D eigenvalue weighted by molar-refractivity contribution is 0.292. The highest BCUT2D eigenvalue weighted by Gasteiger charge is 2.33. The van der Waals surface area contributed by atoms with E-state index >= 15 is 0 Å². The predicted octanol–water partition coefficient (Wildman–Crippen LogP) is 3.17. The smallest absolute Gasteiger partial charge is 0.224 e. The topological polar surface area (TPSA) is 61.3 Å². The number of hydrogen-bond acceptors (Lipinski definition) is 5. The third kappa shape index (κ3) is 3.93. The molecule has 0 saturated carbocycles. The first kappa shape index (κ1) is 17.7. The van der Waals surface area contributed by atoms with Gasteiger partial charge in [-0.1, -0.05) is 31.2 Å². The lowest BCUT2D eigenvalue weighted by Crippen LogP contribution is -2.49. The van der Waals surface area contributed by atoms with Gasteiger partial charge in [0.2, 0.25) is 5.95 Å². The minimum atomic E-state index is -0.00388. The van der Waals surface area contributed by atoms with Gasteiger partial charge in [-0.2, -0.15) is 4.98 Å². The van der Waals surface area contributed by atoms with Gasteiger partial charge in [-0.15, -0.1) is 0 Å². The van der Waals surface area contributed by atoms with Gasteiger partial charge < -0.3 is 15.3 Å². The molecule has 1 aromatic carbocycles. The van der Waals surface area contributed by atoms with E-state index in [0.29, 0.717) is 18.9 Å². The molecule has 5 nitrogen and oxygen atoms in total. The molecule has 3 rings (SSSR count). The molecule has 134 valence electrons. The van der Waals surface area contributed by atoms with Gasteiger partial charge in [0, 0.05) is 37.0 Å². The summed E-state index contributed by atoms with van der Waals surface area (Å²) in [4.78, 5) is 11.7. The van der Waals surface area contributed by atoms with Crippen LogP contribution in [0.2, 0.25) is 0 Å². The van der Waals surface area contributed by atoms with Crippen LogP contribution in [0.1, 0.15) is 44.0 Å². The van der Waals surface area contributed by atoms with Crippen LogP contribution in [0.25, 0.3) is 0 Å². The van der Waals surface area contributed by atoms with Gasteiger partial charge in [0.1, 0.15) is 5.82 Å². The number of benzene rings is 1. The molecule has 25 heavy (non-hydrogen) atoms. The first-order valence-electron chi connectivity index (χ1n) is 9.10. The fraction of sp³-hybridized carbons (Fsp3) is 0.500. The fourth-order valence-electron chi connectivity index (χ4n) is 3.38. The Morgan fingerprint density at radius 3 is 2.68 bits per heavy atom. The summed E-state index contributed by atoms with van der Waals surface area (Å²) in [7, 11) is 0. The Morgan fingerprint density at radius 1 is 1.20 bits per heavy atom. The Bertz CT molecular complexity index is 729. The van der Waals surface area contributed by atoms with Crippen LogP contribution < -0.4 is 10.2 Å². The molecule has 0 aliphatic carbocycles. The minimum absolute atomic E-state index is 0.00388. The number of aromatic nitrogens is 2. The molecule has 5 heteroatoms. The molecule has 1 aromatic heterocycles. The summed E-state index contributed by atoms with van der Waals surface area (Å²) in [5, 5.41) is 12.2. The van der Waals surface area contributed by atoms with Gasteiger partial charge in [-0.25, -0.2) is 4.98 Å². The van der Waals surface area contributed by atoms with E-state index in [1.54, 1.807) is 0 Å². The number of aliphatic hydroxyl groups excluding tert-OH is 1. The Morgan fingerprint density at radius 2 is 1.96 bits per heavy atom. The van der Waals surface area contributed by atoms with Crippen LogP contribution in [-0.4, -0.2) is 33.8 Å². The van der Waals surface area contributed by atoms with Gasteiger partial charge in [-0.3, -0.25) is 0 Å². The van der Waals surface area contributed by atoms with E-state index in [-0.39, 0.29) is 12.1 Å². The van der Waals surface area contributed by atoms with Gasteiger partial charge in [-0.05, 0) is 44.2 Å². The Hall–Kier alpha value is -2.14. The van der Waals surface area contributed by atoms with Gasteiger partial charge in [0.05, 0.1) is 0 Å². The fourth-order valence-corrected chi connectivity index (χ4v) is 3.38. The molecule has 0 unspecified atom stereocenters. The van der Waals surface area contributed by atoms with Crippen molar-refractivity contribution in [2.75, 3.05) is 23.4 Å². The van der Waals surface area contributed by atoms with Crippen molar-refractivity contribution in [2.24, 2.45) is 0 Å². The molecule has 0 saturated heterocycles. The van der Waals surface area contributed by atoms with Crippen molar-refractivity contribution >= 4 is 11.8 Å². The minimum Gasteiger partial charge on any atom is -0.396 e. The van der Waals surface area contributed by atoms with Crippen molar-refractivity contribution in [2.45, 2.75) is 52.1 Å². The van der Waals surface area contributed by atoms with Crippen LogP contribution in [0.5, 0.6) is 0 Å². The van der Waals surface area contributed by atoms with E-state index in [1.807, 2.05) is 0 Å². The predicted molar refractivity (Wildman–Crippen MR) is 102 cm³/mol. The molecular weight excluding hydrogens is 312 g/mol. The molecule has 0 fully saturated rings. The maximum absolute atomic E-state index is 8.98. The highest BCUT2D eigenvalue weighted by molar-refractivity contribution is 5.51. The number of aliphatic hydroxyl groups is 1. The SMILES string of the molecule is CCc1cc(N2Cc3ccccc3CC2(C)C)nc(NCCCO)n1. The van der Waals surface area contributed by atoms with Crippen LogP contribution >= 0.6 is 0 Å². The summed E-state index contributed by atoms with van der Waals surface area (Å²) >= 11 is 0. The Kier molecular flexibility index (Phi) is 5.23. The maximum Gasteiger partial charge on any atom is 0.224 e. The van der Waals surface area contributed by atoms with E-state index < -0.39 is 0 Å². The van der Waals surface area contributed by atoms with Crippen LogP contribution in [0.4, 0.5) is 11.8 Å². The summed E-state index contributed by atoms with van der Waals surface area (Å²) < 4.78 is 0. The Balaban J connectivity index is 1.93. The third-order valence-electron chi connectivity index (χ3n) is 4.82. The lowest BCUT2D eigenvalue weighted by atomic mass is 9.85. The van der Waals surface area contributed by atoms with Gasteiger partial charge >= 0.3 is 0 Å². The van der Waals surface area contributed by atoms with Crippen molar-refractivity contribution in [3.05, 3.63) is 47.2 Å². The van der Waals surface area contributed by atoms with Crippen molar-refractivity contribution in [1.82, 2.24) is 9.97 Å². The standard InChI is InChI=1S/C20H28N4O/c1-4-17-12-18(23-19(22-17)21-10-7-11-25)24-14-16-9-6-5-8-15(16)13-20(24,2)3/h5-6,8-9,12,25H,4,7,10-11,13-14H2,1-3H3,(H,21,22,23). The first-order valence-corrected chi connectivity index (χ1v) is 9.10. The van der Waals surface area contributed by atoms with Crippen LogP contribution in [0.3, 0.4) is 0 Å². The summed E-state index contributed by atoms with van der Waals surface area (Å²) in [6, 6.07) is 10.8. The maximum atomic E-state index is 8.98. The van der Waals surface area contributed by atoms with Crippen LogP contribution in [-0.2, 0) is 19.4 Å². The second kappa shape index (κ2) is 7.40. The van der Waals surface area contributed by atoms with E-state index in [1.165, 1.54) is 11.1 Å². The number of fused-ring (bicyclic) bond motifs is 1. The number of aryl methyl sites for hydroxylation is 1. The monoisotopic (exact) mass is 340 g/mol. The van der Waals surface area contributed by atoms with Crippen LogP contribution in [0.15, 0.2) is 30.3 Å². The number of nitrogens with zero attached hydrogens (tertiary/aromatic N) is 3. The average molecular weight is 340 g/mol. The number of hydrogen-bond donors (Lipinski definition) is 2. The summed E-state index contributed by atoms with van der Waals surface area (Å²) in [6.45, 7) is 8.36.